The van der Waals surface area contributed by atoms with E-state index in [-0.39, 0.29) is 5.57 Å². The molecule has 2 aromatic heterocycles. The molecule has 0 atom stereocenters. The first kappa shape index (κ1) is 16.2. The van der Waals surface area contributed by atoms with Crippen molar-refractivity contribution in [1.82, 2.24) is 10.3 Å². The van der Waals surface area contributed by atoms with E-state index in [0.29, 0.717) is 12.3 Å². The molecule has 0 radical (unpaired) electrons. The molecule has 122 valence electrons. The highest BCUT2D eigenvalue weighted by Crippen LogP contribution is 2.18. The lowest BCUT2D eigenvalue weighted by molar-refractivity contribution is -0.117. The highest BCUT2D eigenvalue weighted by molar-refractivity contribution is 6.01. The third-order valence-electron chi connectivity index (χ3n) is 3.60. The minimum atomic E-state index is -0.435. The summed E-state index contributed by atoms with van der Waals surface area (Å²) in [5, 5.41) is 11.9. The van der Waals surface area contributed by atoms with Gasteiger partial charge < -0.3 is 9.73 Å². The number of furan rings is 1. The van der Waals surface area contributed by atoms with Gasteiger partial charge in [0.15, 0.2) is 0 Å². The summed E-state index contributed by atoms with van der Waals surface area (Å²) in [4.78, 5) is 16.2. The smallest absolute Gasteiger partial charge is 0.262 e. The molecule has 0 bridgehead atoms. The zero-order valence-electron chi connectivity index (χ0n) is 13.3. The number of pyridine rings is 1. The Morgan fingerprint density at radius 2 is 2.00 bits per heavy atom. The first-order valence-electron chi connectivity index (χ1n) is 7.69. The van der Waals surface area contributed by atoms with Gasteiger partial charge in [-0.1, -0.05) is 30.3 Å². The maximum absolute atomic E-state index is 12.1. The number of carbonyl (C=O) groups excluding carboxylic acids is 1. The van der Waals surface area contributed by atoms with E-state index in [4.69, 9.17) is 9.68 Å². The largest absolute Gasteiger partial charge is 0.465 e. The zero-order chi connectivity index (χ0) is 17.5. The number of nitriles is 1. The molecule has 0 saturated heterocycles. The van der Waals surface area contributed by atoms with Gasteiger partial charge in [0.1, 0.15) is 17.4 Å². The van der Waals surface area contributed by atoms with Crippen LogP contribution in [0.15, 0.2) is 77.2 Å². The van der Waals surface area contributed by atoms with Crippen LogP contribution in [-0.4, -0.2) is 10.9 Å². The Hall–Kier alpha value is -3.65. The molecule has 1 amide bonds. The second kappa shape index (κ2) is 7.75. The number of aromatic nitrogens is 1. The van der Waals surface area contributed by atoms with Crippen molar-refractivity contribution in [1.29, 1.82) is 5.26 Å². The summed E-state index contributed by atoms with van der Waals surface area (Å²) in [6.45, 7) is 0.337. The van der Waals surface area contributed by atoms with Gasteiger partial charge in [-0.2, -0.15) is 5.26 Å². The van der Waals surface area contributed by atoms with Crippen molar-refractivity contribution >= 4 is 12.0 Å². The van der Waals surface area contributed by atoms with Crippen molar-refractivity contribution in [3.8, 4) is 17.2 Å². The molecule has 1 aromatic carbocycles. The summed E-state index contributed by atoms with van der Waals surface area (Å²) in [7, 11) is 0. The van der Waals surface area contributed by atoms with Crippen LogP contribution in [0.4, 0.5) is 0 Å². The number of amides is 1. The molecule has 0 aliphatic heterocycles. The zero-order valence-corrected chi connectivity index (χ0v) is 13.3. The fourth-order valence-electron chi connectivity index (χ4n) is 2.29. The van der Waals surface area contributed by atoms with Crippen molar-refractivity contribution in [2.45, 2.75) is 6.54 Å². The summed E-state index contributed by atoms with van der Waals surface area (Å²) in [6.07, 6.45) is 6.44. The molecule has 25 heavy (non-hydrogen) atoms. The fourth-order valence-corrected chi connectivity index (χ4v) is 2.29. The summed E-state index contributed by atoms with van der Waals surface area (Å²) in [6, 6.07) is 17.0. The van der Waals surface area contributed by atoms with E-state index in [9.17, 15) is 4.79 Å². The van der Waals surface area contributed by atoms with Crippen molar-refractivity contribution in [2.24, 2.45) is 0 Å². The van der Waals surface area contributed by atoms with E-state index < -0.39 is 5.91 Å². The second-order valence-electron chi connectivity index (χ2n) is 5.31. The molecule has 1 N–H and O–H groups in total. The molecule has 0 aliphatic rings. The van der Waals surface area contributed by atoms with E-state index in [2.05, 4.69) is 10.3 Å². The number of rotatable bonds is 5. The summed E-state index contributed by atoms with van der Waals surface area (Å²) in [5.41, 5.74) is 3.03. The maximum Gasteiger partial charge on any atom is 0.262 e. The lowest BCUT2D eigenvalue weighted by atomic mass is 10.1. The van der Waals surface area contributed by atoms with Crippen molar-refractivity contribution in [3.63, 3.8) is 0 Å². The molecule has 0 fully saturated rings. The third kappa shape index (κ3) is 4.21. The first-order chi connectivity index (χ1) is 12.3. The molecule has 0 saturated carbocycles. The SMILES string of the molecule is N#C/C(=C/c1ccco1)C(=O)NCc1ccc(-c2cccnc2)cc1. The lowest BCUT2D eigenvalue weighted by Gasteiger charge is -2.06. The van der Waals surface area contributed by atoms with E-state index in [1.807, 2.05) is 42.5 Å². The van der Waals surface area contributed by atoms with Crippen molar-refractivity contribution < 1.29 is 9.21 Å². The molecule has 0 spiro atoms. The Morgan fingerprint density at radius 3 is 2.64 bits per heavy atom. The van der Waals surface area contributed by atoms with Gasteiger partial charge in [0.2, 0.25) is 0 Å². The van der Waals surface area contributed by atoms with Gasteiger partial charge >= 0.3 is 0 Å². The Kier molecular flexibility index (Phi) is 5.03. The predicted octanol–water partition coefficient (Wildman–Crippen LogP) is 3.56. The molecule has 3 rings (SSSR count). The Morgan fingerprint density at radius 1 is 1.16 bits per heavy atom. The minimum absolute atomic E-state index is 0.00179. The van der Waals surface area contributed by atoms with Gasteiger partial charge in [-0.05, 0) is 34.9 Å². The standard InChI is InChI=1S/C20H15N3O2/c21-12-18(11-19-4-2-10-25-19)20(24)23-13-15-5-7-16(8-6-15)17-3-1-9-22-14-17/h1-11,14H,13H2,(H,23,24)/b18-11-. The van der Waals surface area contributed by atoms with Crippen molar-refractivity contribution in [3.05, 3.63) is 84.1 Å². The lowest BCUT2D eigenvalue weighted by Crippen LogP contribution is -2.23. The maximum atomic E-state index is 12.1. The highest BCUT2D eigenvalue weighted by Gasteiger charge is 2.09. The van der Waals surface area contributed by atoms with Crippen LogP contribution in [0.2, 0.25) is 0 Å². The van der Waals surface area contributed by atoms with E-state index in [1.54, 1.807) is 24.5 Å². The predicted molar refractivity (Wildman–Crippen MR) is 93.8 cm³/mol. The average molecular weight is 329 g/mol. The number of hydrogen-bond acceptors (Lipinski definition) is 4. The van der Waals surface area contributed by atoms with Gasteiger partial charge in [-0.25, -0.2) is 0 Å². The van der Waals surface area contributed by atoms with Crippen LogP contribution < -0.4 is 5.32 Å². The molecule has 0 aliphatic carbocycles. The van der Waals surface area contributed by atoms with Crippen LogP contribution in [0, 0.1) is 11.3 Å². The molecule has 5 heteroatoms. The van der Waals surface area contributed by atoms with Crippen LogP contribution in [0.25, 0.3) is 17.2 Å². The summed E-state index contributed by atoms with van der Waals surface area (Å²) in [5.74, 6) is 0.0303. The van der Waals surface area contributed by atoms with E-state index in [1.165, 1.54) is 12.3 Å². The number of hydrogen-bond donors (Lipinski definition) is 1. The average Bonchev–Trinajstić information content (AvgIpc) is 3.18. The van der Waals surface area contributed by atoms with E-state index in [0.717, 1.165) is 16.7 Å². The number of carbonyl (C=O) groups is 1. The van der Waals surface area contributed by atoms with Gasteiger partial charge in [-0.15, -0.1) is 0 Å². The summed E-state index contributed by atoms with van der Waals surface area (Å²) < 4.78 is 5.12. The highest BCUT2D eigenvalue weighted by atomic mass is 16.3. The minimum Gasteiger partial charge on any atom is -0.465 e. The Bertz CT molecular complexity index is 906. The van der Waals surface area contributed by atoms with Gasteiger partial charge in [0.05, 0.1) is 6.26 Å². The number of nitrogens with zero attached hydrogens (tertiary/aromatic N) is 2. The normalized spacial score (nSPS) is 10.9. The fraction of sp³-hybridized carbons (Fsp3) is 0.0500. The first-order valence-corrected chi connectivity index (χ1v) is 7.69. The van der Waals surface area contributed by atoms with Gasteiger partial charge in [0.25, 0.3) is 5.91 Å². The van der Waals surface area contributed by atoms with Crippen LogP contribution in [0.1, 0.15) is 11.3 Å². The molecular formula is C20H15N3O2. The van der Waals surface area contributed by atoms with Gasteiger partial charge in [-0.3, -0.25) is 9.78 Å². The number of nitrogens with one attached hydrogen (secondary N) is 1. The molecular weight excluding hydrogens is 314 g/mol. The Labute approximate surface area is 145 Å². The van der Waals surface area contributed by atoms with Crippen molar-refractivity contribution in [2.75, 3.05) is 0 Å². The van der Waals surface area contributed by atoms with Crippen LogP contribution >= 0.6 is 0 Å². The Balaban J connectivity index is 1.63. The molecule has 2 heterocycles. The van der Waals surface area contributed by atoms with Gasteiger partial charge in [0, 0.05) is 25.0 Å². The van der Waals surface area contributed by atoms with Crippen LogP contribution in [0.5, 0.6) is 0 Å². The molecule has 5 nitrogen and oxygen atoms in total. The third-order valence-corrected chi connectivity index (χ3v) is 3.60. The van der Waals surface area contributed by atoms with Crippen LogP contribution in [0.3, 0.4) is 0 Å². The second-order valence-corrected chi connectivity index (χ2v) is 5.31. The topological polar surface area (TPSA) is 78.9 Å². The van der Waals surface area contributed by atoms with Crippen LogP contribution in [-0.2, 0) is 11.3 Å². The number of benzene rings is 1. The summed E-state index contributed by atoms with van der Waals surface area (Å²) >= 11 is 0. The molecule has 0 unspecified atom stereocenters. The monoisotopic (exact) mass is 329 g/mol. The van der Waals surface area contributed by atoms with E-state index >= 15 is 0 Å². The quantitative estimate of drug-likeness (QED) is 0.573. The molecule has 3 aromatic rings.